The van der Waals surface area contributed by atoms with Crippen LogP contribution in [0.25, 0.3) is 0 Å². The van der Waals surface area contributed by atoms with Gasteiger partial charge in [-0.15, -0.1) is 11.8 Å². The Hall–Kier alpha value is -1.53. The molecular weight excluding hydrogens is 328 g/mol. The van der Waals surface area contributed by atoms with Gasteiger partial charge in [0.05, 0.1) is 5.75 Å². The van der Waals surface area contributed by atoms with Gasteiger partial charge >= 0.3 is 0 Å². The highest BCUT2D eigenvalue weighted by atomic mass is 79.9. The number of carbonyl (C=O) groups excluding carboxylic acids is 1. The first-order chi connectivity index (χ1) is 9.13. The summed E-state index contributed by atoms with van der Waals surface area (Å²) in [7, 11) is 0. The number of amides is 1. The van der Waals surface area contributed by atoms with Crippen molar-refractivity contribution in [3.8, 4) is 5.75 Å². The van der Waals surface area contributed by atoms with Gasteiger partial charge in [-0.25, -0.2) is 4.98 Å². The Morgan fingerprint density at radius 2 is 2.00 bits per heavy atom. The molecule has 0 fully saturated rings. The summed E-state index contributed by atoms with van der Waals surface area (Å²) in [5, 5.41) is 11.9. The molecule has 0 saturated carbocycles. The van der Waals surface area contributed by atoms with Gasteiger partial charge in [-0.3, -0.25) is 4.79 Å². The molecule has 2 rings (SSSR count). The minimum absolute atomic E-state index is 0.118. The molecule has 19 heavy (non-hydrogen) atoms. The van der Waals surface area contributed by atoms with Crippen molar-refractivity contribution in [2.24, 2.45) is 0 Å². The normalized spacial score (nSPS) is 10.2. The highest BCUT2D eigenvalue weighted by Crippen LogP contribution is 2.20. The zero-order valence-corrected chi connectivity index (χ0v) is 12.2. The number of halogens is 1. The minimum atomic E-state index is -0.118. The second kappa shape index (κ2) is 6.58. The molecule has 0 aliphatic carbocycles. The molecule has 6 heteroatoms. The number of carbonyl (C=O) groups is 1. The number of aromatic nitrogens is 1. The van der Waals surface area contributed by atoms with Crippen molar-refractivity contribution >= 4 is 39.4 Å². The van der Waals surface area contributed by atoms with Crippen LogP contribution in [0, 0.1) is 0 Å². The standard InChI is InChI=1S/C13H11BrN2O2S/c14-9-1-6-12(15-7-9)16-13(18)8-19-11-4-2-10(17)3-5-11/h1-7,17H,8H2,(H,15,16,18). The fraction of sp³-hybridized carbons (Fsp3) is 0.0769. The van der Waals surface area contributed by atoms with Gasteiger partial charge < -0.3 is 10.4 Å². The second-order valence-electron chi connectivity index (χ2n) is 3.69. The van der Waals surface area contributed by atoms with Crippen LogP contribution in [0.1, 0.15) is 0 Å². The first-order valence-corrected chi connectivity index (χ1v) is 7.24. The summed E-state index contributed by atoms with van der Waals surface area (Å²) in [5.41, 5.74) is 0. The smallest absolute Gasteiger partial charge is 0.235 e. The van der Waals surface area contributed by atoms with Crippen molar-refractivity contribution in [2.45, 2.75) is 4.90 Å². The molecule has 1 amide bonds. The lowest BCUT2D eigenvalue weighted by molar-refractivity contribution is -0.113. The summed E-state index contributed by atoms with van der Waals surface area (Å²) >= 11 is 4.68. The number of benzene rings is 1. The topological polar surface area (TPSA) is 62.2 Å². The summed E-state index contributed by atoms with van der Waals surface area (Å²) in [6.07, 6.45) is 1.63. The number of hydrogen-bond donors (Lipinski definition) is 2. The third kappa shape index (κ3) is 4.57. The molecule has 4 nitrogen and oxygen atoms in total. The van der Waals surface area contributed by atoms with E-state index >= 15 is 0 Å². The predicted octanol–water partition coefficient (Wildman–Crippen LogP) is 3.28. The predicted molar refractivity (Wildman–Crippen MR) is 79.4 cm³/mol. The molecule has 0 spiro atoms. The van der Waals surface area contributed by atoms with Gasteiger partial charge in [-0.2, -0.15) is 0 Å². The van der Waals surface area contributed by atoms with Crippen LogP contribution in [0.5, 0.6) is 5.75 Å². The Balaban J connectivity index is 1.84. The number of rotatable bonds is 4. The van der Waals surface area contributed by atoms with Crippen molar-refractivity contribution in [3.63, 3.8) is 0 Å². The second-order valence-corrected chi connectivity index (χ2v) is 5.66. The molecule has 0 unspecified atom stereocenters. The minimum Gasteiger partial charge on any atom is -0.508 e. The number of thioether (sulfide) groups is 1. The van der Waals surface area contributed by atoms with Gasteiger partial charge in [0.25, 0.3) is 0 Å². The number of anilines is 1. The summed E-state index contributed by atoms with van der Waals surface area (Å²) < 4.78 is 0.865. The van der Waals surface area contributed by atoms with E-state index in [1.165, 1.54) is 11.8 Å². The molecule has 2 N–H and O–H groups in total. The fourth-order valence-electron chi connectivity index (χ4n) is 1.32. The Morgan fingerprint density at radius 1 is 1.26 bits per heavy atom. The molecule has 1 heterocycles. The third-order valence-electron chi connectivity index (χ3n) is 2.20. The van der Waals surface area contributed by atoms with E-state index in [4.69, 9.17) is 5.11 Å². The highest BCUT2D eigenvalue weighted by Gasteiger charge is 2.04. The Kier molecular flexibility index (Phi) is 4.81. The summed E-state index contributed by atoms with van der Waals surface area (Å²) in [6, 6.07) is 10.3. The lowest BCUT2D eigenvalue weighted by Crippen LogP contribution is -2.14. The van der Waals surface area contributed by atoms with Gasteiger partial charge in [0.1, 0.15) is 11.6 Å². The van der Waals surface area contributed by atoms with E-state index < -0.39 is 0 Å². The number of nitrogens with zero attached hydrogens (tertiary/aromatic N) is 1. The maximum atomic E-state index is 11.7. The molecule has 98 valence electrons. The van der Waals surface area contributed by atoms with Crippen LogP contribution in [-0.4, -0.2) is 21.8 Å². The van der Waals surface area contributed by atoms with E-state index in [0.717, 1.165) is 9.37 Å². The van der Waals surface area contributed by atoms with E-state index in [9.17, 15) is 4.79 Å². The number of aromatic hydroxyl groups is 1. The van der Waals surface area contributed by atoms with Crippen LogP contribution in [0.2, 0.25) is 0 Å². The van der Waals surface area contributed by atoms with E-state index in [1.54, 1.807) is 36.5 Å². The van der Waals surface area contributed by atoms with Crippen molar-refractivity contribution in [2.75, 3.05) is 11.1 Å². The molecule has 0 saturated heterocycles. The largest absolute Gasteiger partial charge is 0.508 e. The molecule has 2 aromatic rings. The van der Waals surface area contributed by atoms with E-state index in [-0.39, 0.29) is 11.7 Å². The molecule has 0 radical (unpaired) electrons. The zero-order chi connectivity index (χ0) is 13.7. The Morgan fingerprint density at radius 3 is 2.63 bits per heavy atom. The Bertz CT molecular complexity index is 558. The SMILES string of the molecule is O=C(CSc1ccc(O)cc1)Nc1ccc(Br)cn1. The van der Waals surface area contributed by atoms with Crippen molar-refractivity contribution in [1.82, 2.24) is 4.98 Å². The van der Waals surface area contributed by atoms with E-state index in [1.807, 2.05) is 6.07 Å². The molecule has 0 aliphatic rings. The van der Waals surface area contributed by atoms with E-state index in [0.29, 0.717) is 11.6 Å². The number of hydrogen-bond acceptors (Lipinski definition) is 4. The van der Waals surface area contributed by atoms with Gasteiger partial charge in [0.15, 0.2) is 0 Å². The molecule has 0 atom stereocenters. The maximum absolute atomic E-state index is 11.7. The number of nitrogens with one attached hydrogen (secondary N) is 1. The molecule has 0 bridgehead atoms. The molecule has 0 aliphatic heterocycles. The number of pyridine rings is 1. The van der Waals surface area contributed by atoms with Crippen LogP contribution >= 0.6 is 27.7 Å². The molecule has 1 aromatic heterocycles. The van der Waals surface area contributed by atoms with Crippen molar-refractivity contribution < 1.29 is 9.90 Å². The van der Waals surface area contributed by atoms with E-state index in [2.05, 4.69) is 26.2 Å². The van der Waals surface area contributed by atoms with Crippen LogP contribution < -0.4 is 5.32 Å². The average Bonchev–Trinajstić information content (AvgIpc) is 2.41. The first-order valence-electron chi connectivity index (χ1n) is 5.47. The van der Waals surface area contributed by atoms with Gasteiger partial charge in [0.2, 0.25) is 5.91 Å². The third-order valence-corrected chi connectivity index (χ3v) is 3.68. The Labute approximate surface area is 123 Å². The summed E-state index contributed by atoms with van der Waals surface area (Å²) in [6.45, 7) is 0. The van der Waals surface area contributed by atoms with Crippen LogP contribution in [0.4, 0.5) is 5.82 Å². The van der Waals surface area contributed by atoms with Crippen LogP contribution in [0.15, 0.2) is 52.0 Å². The summed E-state index contributed by atoms with van der Waals surface area (Å²) in [5.74, 6) is 0.919. The zero-order valence-electron chi connectivity index (χ0n) is 9.84. The lowest BCUT2D eigenvalue weighted by Gasteiger charge is -2.04. The maximum Gasteiger partial charge on any atom is 0.235 e. The van der Waals surface area contributed by atoms with Crippen molar-refractivity contribution in [1.29, 1.82) is 0 Å². The molecule has 1 aromatic carbocycles. The number of phenolic OH excluding ortho intramolecular Hbond substituents is 1. The monoisotopic (exact) mass is 338 g/mol. The van der Waals surface area contributed by atoms with Crippen LogP contribution in [0.3, 0.4) is 0 Å². The van der Waals surface area contributed by atoms with Gasteiger partial charge in [0, 0.05) is 15.6 Å². The quantitative estimate of drug-likeness (QED) is 0.840. The molecular formula is C13H11BrN2O2S. The lowest BCUT2D eigenvalue weighted by atomic mass is 10.3. The van der Waals surface area contributed by atoms with Crippen LogP contribution in [-0.2, 0) is 4.79 Å². The first kappa shape index (κ1) is 13.9. The number of phenols is 1. The van der Waals surface area contributed by atoms with Crippen molar-refractivity contribution in [3.05, 3.63) is 47.1 Å². The average molecular weight is 339 g/mol. The van der Waals surface area contributed by atoms with Gasteiger partial charge in [-0.05, 0) is 52.3 Å². The fourth-order valence-corrected chi connectivity index (χ4v) is 2.25. The summed E-state index contributed by atoms with van der Waals surface area (Å²) in [4.78, 5) is 16.7. The van der Waals surface area contributed by atoms with Gasteiger partial charge in [-0.1, -0.05) is 0 Å². The highest BCUT2D eigenvalue weighted by molar-refractivity contribution is 9.10.